The molecule has 0 amide bonds. The fraction of sp³-hybridized carbons (Fsp3) is 0.571. The van der Waals surface area contributed by atoms with E-state index in [2.05, 4.69) is 17.3 Å². The molecule has 5 heteroatoms. The number of likely N-dealkylation sites (N-methyl/N-ethyl adjacent to an activating group) is 2. The molecule has 2 unspecified atom stereocenters. The van der Waals surface area contributed by atoms with E-state index in [-0.39, 0.29) is 12.1 Å². The van der Waals surface area contributed by atoms with Crippen molar-refractivity contribution in [3.63, 3.8) is 0 Å². The Bertz CT molecular complexity index is 408. The van der Waals surface area contributed by atoms with Crippen LogP contribution in [0.2, 0.25) is 0 Å². The first-order chi connectivity index (χ1) is 9.11. The van der Waals surface area contributed by atoms with Crippen LogP contribution in [0.3, 0.4) is 0 Å². The number of nitrogens with one attached hydrogen (secondary N) is 1. The first kappa shape index (κ1) is 14.8. The molecule has 1 saturated heterocycles. The van der Waals surface area contributed by atoms with Crippen molar-refractivity contribution in [2.24, 2.45) is 0 Å². The van der Waals surface area contributed by atoms with Gasteiger partial charge >= 0.3 is 0 Å². The second kappa shape index (κ2) is 6.68. The number of nitrogens with zero attached hydrogens (tertiary/aromatic N) is 1. The first-order valence-corrected chi connectivity index (χ1v) is 7.74. The summed E-state index contributed by atoms with van der Waals surface area (Å²) in [5.41, 5.74) is 0.693. The maximum atomic E-state index is 13.4. The SMILES string of the molecule is CCNC(c1cc(F)cc(F)c1)C1CSCCN1C. The summed E-state index contributed by atoms with van der Waals surface area (Å²) >= 11 is 1.89. The topological polar surface area (TPSA) is 15.3 Å². The molecule has 0 aliphatic carbocycles. The first-order valence-electron chi connectivity index (χ1n) is 6.59. The Morgan fingerprint density at radius 3 is 2.63 bits per heavy atom. The third-order valence-corrected chi connectivity index (χ3v) is 4.54. The van der Waals surface area contributed by atoms with E-state index in [9.17, 15) is 8.78 Å². The second-order valence-electron chi connectivity index (χ2n) is 4.86. The Morgan fingerprint density at radius 1 is 1.37 bits per heavy atom. The van der Waals surface area contributed by atoms with Gasteiger partial charge in [0, 0.05) is 36.2 Å². The van der Waals surface area contributed by atoms with Gasteiger partial charge in [0.1, 0.15) is 11.6 Å². The van der Waals surface area contributed by atoms with E-state index >= 15 is 0 Å². The molecule has 0 spiro atoms. The summed E-state index contributed by atoms with van der Waals surface area (Å²) in [4.78, 5) is 2.27. The molecule has 0 radical (unpaired) electrons. The highest BCUT2D eigenvalue weighted by Crippen LogP contribution is 2.27. The number of thioether (sulfide) groups is 1. The predicted molar refractivity (Wildman–Crippen MR) is 76.5 cm³/mol. The van der Waals surface area contributed by atoms with Crippen LogP contribution in [0.4, 0.5) is 8.78 Å². The maximum absolute atomic E-state index is 13.4. The third-order valence-electron chi connectivity index (χ3n) is 3.50. The van der Waals surface area contributed by atoms with Crippen molar-refractivity contribution in [1.29, 1.82) is 0 Å². The Labute approximate surface area is 117 Å². The Balaban J connectivity index is 2.27. The van der Waals surface area contributed by atoms with Crippen LogP contribution in [0, 0.1) is 11.6 Å². The highest BCUT2D eigenvalue weighted by atomic mass is 32.2. The van der Waals surface area contributed by atoms with Crippen LogP contribution in [0.5, 0.6) is 0 Å². The molecule has 2 nitrogen and oxygen atoms in total. The van der Waals surface area contributed by atoms with Gasteiger partial charge < -0.3 is 5.32 Å². The summed E-state index contributed by atoms with van der Waals surface area (Å²) in [6.45, 7) is 3.80. The summed E-state index contributed by atoms with van der Waals surface area (Å²) in [6, 6.07) is 4.02. The van der Waals surface area contributed by atoms with Crippen molar-refractivity contribution < 1.29 is 8.78 Å². The lowest BCUT2D eigenvalue weighted by atomic mass is 9.98. The molecule has 1 N–H and O–H groups in total. The van der Waals surface area contributed by atoms with Crippen LogP contribution in [0.15, 0.2) is 18.2 Å². The Kier molecular flexibility index (Phi) is 5.19. The summed E-state index contributed by atoms with van der Waals surface area (Å²) in [7, 11) is 2.07. The van der Waals surface area contributed by atoms with Crippen molar-refractivity contribution in [1.82, 2.24) is 10.2 Å². The second-order valence-corrected chi connectivity index (χ2v) is 6.01. The van der Waals surface area contributed by atoms with Gasteiger partial charge in [-0.15, -0.1) is 0 Å². The molecular formula is C14H20F2N2S. The minimum atomic E-state index is -0.510. The lowest BCUT2D eigenvalue weighted by Gasteiger charge is -2.38. The van der Waals surface area contributed by atoms with Gasteiger partial charge in [-0.1, -0.05) is 6.92 Å². The van der Waals surface area contributed by atoms with Crippen LogP contribution in [0.25, 0.3) is 0 Å². The van der Waals surface area contributed by atoms with Gasteiger partial charge in [0.15, 0.2) is 0 Å². The monoisotopic (exact) mass is 286 g/mol. The van der Waals surface area contributed by atoms with Crippen LogP contribution in [0.1, 0.15) is 18.5 Å². The van der Waals surface area contributed by atoms with Gasteiger partial charge in [0.05, 0.1) is 0 Å². The highest BCUT2D eigenvalue weighted by Gasteiger charge is 2.29. The lowest BCUT2D eigenvalue weighted by Crippen LogP contribution is -2.47. The minimum absolute atomic E-state index is 0.0343. The third kappa shape index (κ3) is 3.68. The van der Waals surface area contributed by atoms with Crippen LogP contribution < -0.4 is 5.32 Å². The molecule has 2 atom stereocenters. The molecule has 1 fully saturated rings. The zero-order valence-corrected chi connectivity index (χ0v) is 12.1. The van der Waals surface area contributed by atoms with Crippen molar-refractivity contribution in [3.05, 3.63) is 35.4 Å². The summed E-state index contributed by atoms with van der Waals surface area (Å²) in [6.07, 6.45) is 0. The van der Waals surface area contributed by atoms with Gasteiger partial charge in [-0.2, -0.15) is 11.8 Å². The van der Waals surface area contributed by atoms with Crippen molar-refractivity contribution in [2.75, 3.05) is 31.6 Å². The van der Waals surface area contributed by atoms with Crippen molar-refractivity contribution in [2.45, 2.75) is 19.0 Å². The molecule has 0 bridgehead atoms. The average Bonchev–Trinajstić information content (AvgIpc) is 2.36. The van der Waals surface area contributed by atoms with Gasteiger partial charge in [-0.3, -0.25) is 4.90 Å². The van der Waals surface area contributed by atoms with Crippen LogP contribution in [-0.2, 0) is 0 Å². The fourth-order valence-corrected chi connectivity index (χ4v) is 3.78. The van der Waals surface area contributed by atoms with Gasteiger partial charge in [0.2, 0.25) is 0 Å². The summed E-state index contributed by atoms with van der Waals surface area (Å²) in [5, 5.41) is 3.37. The smallest absolute Gasteiger partial charge is 0.126 e. The van der Waals surface area contributed by atoms with E-state index in [0.717, 1.165) is 30.7 Å². The zero-order chi connectivity index (χ0) is 13.8. The van der Waals surface area contributed by atoms with E-state index in [1.54, 1.807) is 0 Å². The van der Waals surface area contributed by atoms with Gasteiger partial charge in [0.25, 0.3) is 0 Å². The van der Waals surface area contributed by atoms with E-state index in [0.29, 0.717) is 5.56 Å². The van der Waals surface area contributed by atoms with Crippen LogP contribution in [-0.4, -0.2) is 42.6 Å². The highest BCUT2D eigenvalue weighted by molar-refractivity contribution is 7.99. The molecule has 2 rings (SSSR count). The lowest BCUT2D eigenvalue weighted by molar-refractivity contribution is 0.216. The minimum Gasteiger partial charge on any atom is -0.309 e. The predicted octanol–water partition coefficient (Wildman–Crippen LogP) is 2.66. The van der Waals surface area contributed by atoms with Gasteiger partial charge in [-0.05, 0) is 31.3 Å². The van der Waals surface area contributed by atoms with E-state index in [4.69, 9.17) is 0 Å². The summed E-state index contributed by atoms with van der Waals surface area (Å²) < 4.78 is 26.8. The zero-order valence-electron chi connectivity index (χ0n) is 11.3. The van der Waals surface area contributed by atoms with E-state index < -0.39 is 11.6 Å². The Morgan fingerprint density at radius 2 is 2.05 bits per heavy atom. The standard InChI is InChI=1S/C14H20F2N2S/c1-3-17-14(13-9-19-5-4-18(13)2)10-6-11(15)8-12(16)7-10/h6-8,13-14,17H,3-5,9H2,1-2H3. The Hall–Kier alpha value is -0.650. The maximum Gasteiger partial charge on any atom is 0.126 e. The molecule has 1 heterocycles. The quantitative estimate of drug-likeness (QED) is 0.916. The van der Waals surface area contributed by atoms with Crippen LogP contribution >= 0.6 is 11.8 Å². The fourth-order valence-electron chi connectivity index (χ4n) is 2.51. The van der Waals surface area contributed by atoms with Crippen molar-refractivity contribution in [3.8, 4) is 0 Å². The molecule has 106 valence electrons. The van der Waals surface area contributed by atoms with Crippen molar-refractivity contribution >= 4 is 11.8 Å². The average molecular weight is 286 g/mol. The molecule has 19 heavy (non-hydrogen) atoms. The summed E-state index contributed by atoms with van der Waals surface area (Å²) in [5.74, 6) is 1.07. The molecule has 1 aromatic carbocycles. The number of rotatable bonds is 4. The molecule has 0 saturated carbocycles. The number of benzene rings is 1. The molecule has 0 aromatic heterocycles. The largest absolute Gasteiger partial charge is 0.309 e. The number of halogens is 2. The molecule has 1 aliphatic rings. The normalized spacial score (nSPS) is 22.4. The molecule has 1 aromatic rings. The molecular weight excluding hydrogens is 266 g/mol. The molecule has 1 aliphatic heterocycles. The number of hydrogen-bond acceptors (Lipinski definition) is 3. The van der Waals surface area contributed by atoms with E-state index in [1.807, 2.05) is 18.7 Å². The van der Waals surface area contributed by atoms with E-state index in [1.165, 1.54) is 12.1 Å². The van der Waals surface area contributed by atoms with Gasteiger partial charge in [-0.25, -0.2) is 8.78 Å². The number of hydrogen-bond donors (Lipinski definition) is 1.